The van der Waals surface area contributed by atoms with Gasteiger partial charge in [0.25, 0.3) is 0 Å². The Labute approximate surface area is 117 Å². The number of hydrogen-bond acceptors (Lipinski definition) is 1. The molecule has 2 rings (SSSR count). The topological polar surface area (TPSA) is 12.0 Å². The van der Waals surface area contributed by atoms with Crippen molar-refractivity contribution in [1.29, 1.82) is 0 Å². The second-order valence-electron chi connectivity index (χ2n) is 5.49. The highest BCUT2D eigenvalue weighted by molar-refractivity contribution is 9.10. The van der Waals surface area contributed by atoms with E-state index in [0.29, 0.717) is 10.5 Å². The molecule has 1 heterocycles. The SMILES string of the molecule is CC(C)c1cc(CC2CCCCN2)cc(Br)c1F. The minimum atomic E-state index is -0.106. The molecule has 1 fully saturated rings. The molecule has 1 atom stereocenters. The van der Waals surface area contributed by atoms with E-state index in [1.807, 2.05) is 26.0 Å². The molecule has 0 saturated carbocycles. The third-order valence-corrected chi connectivity index (χ3v) is 4.21. The molecule has 1 saturated heterocycles. The summed E-state index contributed by atoms with van der Waals surface area (Å²) in [4.78, 5) is 0. The van der Waals surface area contributed by atoms with E-state index in [9.17, 15) is 4.39 Å². The van der Waals surface area contributed by atoms with Crippen molar-refractivity contribution in [2.75, 3.05) is 6.54 Å². The van der Waals surface area contributed by atoms with Crippen LogP contribution in [0, 0.1) is 5.82 Å². The maximum Gasteiger partial charge on any atom is 0.140 e. The van der Waals surface area contributed by atoms with Crippen LogP contribution in [-0.2, 0) is 6.42 Å². The summed E-state index contributed by atoms with van der Waals surface area (Å²) < 4.78 is 14.5. The zero-order valence-electron chi connectivity index (χ0n) is 11.1. The predicted octanol–water partition coefficient (Wildman–Crippen LogP) is 4.40. The molecule has 0 aromatic heterocycles. The third-order valence-electron chi connectivity index (χ3n) is 3.63. The molecule has 18 heavy (non-hydrogen) atoms. The summed E-state index contributed by atoms with van der Waals surface area (Å²) in [5, 5.41) is 3.54. The van der Waals surface area contributed by atoms with Crippen molar-refractivity contribution in [3.63, 3.8) is 0 Å². The molecule has 1 N–H and O–H groups in total. The van der Waals surface area contributed by atoms with E-state index in [0.717, 1.165) is 18.5 Å². The van der Waals surface area contributed by atoms with Crippen LogP contribution >= 0.6 is 15.9 Å². The number of nitrogens with one attached hydrogen (secondary N) is 1. The van der Waals surface area contributed by atoms with Gasteiger partial charge >= 0.3 is 0 Å². The second-order valence-corrected chi connectivity index (χ2v) is 6.34. The Hall–Kier alpha value is -0.410. The van der Waals surface area contributed by atoms with E-state index in [2.05, 4.69) is 21.2 Å². The summed E-state index contributed by atoms with van der Waals surface area (Å²) in [5.74, 6) is 0.117. The Morgan fingerprint density at radius 3 is 2.78 bits per heavy atom. The molecule has 0 radical (unpaired) electrons. The first kappa shape index (κ1) is 14.0. The molecular formula is C15H21BrFN. The molecular weight excluding hydrogens is 293 g/mol. The zero-order chi connectivity index (χ0) is 13.1. The first-order chi connectivity index (χ1) is 8.58. The Kier molecular flexibility index (Phi) is 4.79. The highest BCUT2D eigenvalue weighted by Gasteiger charge is 2.16. The third kappa shape index (κ3) is 3.33. The van der Waals surface area contributed by atoms with Gasteiger partial charge < -0.3 is 5.32 Å². The van der Waals surface area contributed by atoms with Gasteiger partial charge in [-0.15, -0.1) is 0 Å². The van der Waals surface area contributed by atoms with Crippen LogP contribution < -0.4 is 5.32 Å². The summed E-state index contributed by atoms with van der Waals surface area (Å²) >= 11 is 3.33. The second kappa shape index (κ2) is 6.16. The van der Waals surface area contributed by atoms with Gasteiger partial charge in [0.1, 0.15) is 5.82 Å². The highest BCUT2D eigenvalue weighted by atomic mass is 79.9. The molecule has 1 aromatic rings. The van der Waals surface area contributed by atoms with Gasteiger partial charge in [-0.25, -0.2) is 4.39 Å². The van der Waals surface area contributed by atoms with Crippen molar-refractivity contribution in [3.05, 3.63) is 33.5 Å². The number of rotatable bonds is 3. The Morgan fingerprint density at radius 2 is 2.17 bits per heavy atom. The quantitative estimate of drug-likeness (QED) is 0.872. The molecule has 1 aromatic carbocycles. The van der Waals surface area contributed by atoms with Gasteiger partial charge in [-0.3, -0.25) is 0 Å². The number of halogens is 2. The lowest BCUT2D eigenvalue weighted by Crippen LogP contribution is -2.35. The van der Waals surface area contributed by atoms with Gasteiger partial charge in [0.15, 0.2) is 0 Å². The van der Waals surface area contributed by atoms with Crippen molar-refractivity contribution in [2.45, 2.75) is 51.5 Å². The molecule has 1 nitrogen and oxygen atoms in total. The standard InChI is InChI=1S/C15H21BrFN/c1-10(2)13-8-11(9-14(16)15(13)17)7-12-5-3-4-6-18-12/h8-10,12,18H,3-7H2,1-2H3. The lowest BCUT2D eigenvalue weighted by molar-refractivity contribution is 0.399. The lowest BCUT2D eigenvalue weighted by Gasteiger charge is -2.24. The summed E-state index contributed by atoms with van der Waals surface area (Å²) in [6, 6.07) is 4.51. The summed E-state index contributed by atoms with van der Waals surface area (Å²) in [6.45, 7) is 5.19. The van der Waals surface area contributed by atoms with Crippen LogP contribution in [0.2, 0.25) is 0 Å². The van der Waals surface area contributed by atoms with Crippen LogP contribution in [0.15, 0.2) is 16.6 Å². The van der Waals surface area contributed by atoms with Gasteiger partial charge in [0.05, 0.1) is 4.47 Å². The minimum absolute atomic E-state index is 0.106. The number of piperidine rings is 1. The Balaban J connectivity index is 2.17. The number of hydrogen-bond donors (Lipinski definition) is 1. The van der Waals surface area contributed by atoms with E-state index >= 15 is 0 Å². The Bertz CT molecular complexity index is 411. The molecule has 1 aliphatic rings. The number of benzene rings is 1. The van der Waals surface area contributed by atoms with Crippen molar-refractivity contribution in [1.82, 2.24) is 5.32 Å². The molecule has 3 heteroatoms. The van der Waals surface area contributed by atoms with Crippen molar-refractivity contribution in [3.8, 4) is 0 Å². The average molecular weight is 314 g/mol. The van der Waals surface area contributed by atoms with Crippen LogP contribution in [0.25, 0.3) is 0 Å². The fraction of sp³-hybridized carbons (Fsp3) is 0.600. The fourth-order valence-corrected chi connectivity index (χ4v) is 3.11. The van der Waals surface area contributed by atoms with E-state index in [4.69, 9.17) is 0 Å². The van der Waals surface area contributed by atoms with Crippen LogP contribution in [0.5, 0.6) is 0 Å². The Morgan fingerprint density at radius 1 is 1.39 bits per heavy atom. The summed E-state index contributed by atoms with van der Waals surface area (Å²) in [6.07, 6.45) is 4.81. The summed E-state index contributed by atoms with van der Waals surface area (Å²) in [7, 11) is 0. The van der Waals surface area contributed by atoms with Crippen molar-refractivity contribution < 1.29 is 4.39 Å². The average Bonchev–Trinajstić information content (AvgIpc) is 2.34. The van der Waals surface area contributed by atoms with Crippen LogP contribution in [0.4, 0.5) is 4.39 Å². The predicted molar refractivity (Wildman–Crippen MR) is 77.5 cm³/mol. The molecule has 1 aliphatic heterocycles. The van der Waals surface area contributed by atoms with Crippen molar-refractivity contribution >= 4 is 15.9 Å². The van der Waals surface area contributed by atoms with E-state index < -0.39 is 0 Å². The maximum atomic E-state index is 13.9. The van der Waals surface area contributed by atoms with Gasteiger partial charge in [-0.2, -0.15) is 0 Å². The fourth-order valence-electron chi connectivity index (χ4n) is 2.59. The van der Waals surface area contributed by atoms with E-state index in [1.54, 1.807) is 0 Å². The van der Waals surface area contributed by atoms with Gasteiger partial charge in [0, 0.05) is 6.04 Å². The first-order valence-corrected chi connectivity index (χ1v) is 7.58. The van der Waals surface area contributed by atoms with E-state index in [1.165, 1.54) is 24.8 Å². The van der Waals surface area contributed by atoms with Gasteiger partial charge in [-0.1, -0.05) is 26.3 Å². The van der Waals surface area contributed by atoms with Gasteiger partial charge in [0.2, 0.25) is 0 Å². The van der Waals surface area contributed by atoms with E-state index in [-0.39, 0.29) is 11.7 Å². The smallest absolute Gasteiger partial charge is 0.140 e. The van der Waals surface area contributed by atoms with Crippen molar-refractivity contribution in [2.24, 2.45) is 0 Å². The largest absolute Gasteiger partial charge is 0.314 e. The lowest BCUT2D eigenvalue weighted by atomic mass is 9.94. The molecule has 0 spiro atoms. The monoisotopic (exact) mass is 313 g/mol. The molecule has 100 valence electrons. The normalized spacial score (nSPS) is 20.4. The summed E-state index contributed by atoms with van der Waals surface area (Å²) in [5.41, 5.74) is 2.04. The van der Waals surface area contributed by atoms with Crippen LogP contribution in [0.3, 0.4) is 0 Å². The van der Waals surface area contributed by atoms with Gasteiger partial charge in [-0.05, 0) is 64.8 Å². The van der Waals surface area contributed by atoms with Crippen LogP contribution in [0.1, 0.15) is 50.2 Å². The zero-order valence-corrected chi connectivity index (χ0v) is 12.7. The minimum Gasteiger partial charge on any atom is -0.314 e. The highest BCUT2D eigenvalue weighted by Crippen LogP contribution is 2.28. The maximum absolute atomic E-state index is 13.9. The molecule has 0 amide bonds. The first-order valence-electron chi connectivity index (χ1n) is 6.79. The van der Waals surface area contributed by atoms with Crippen LogP contribution in [-0.4, -0.2) is 12.6 Å². The molecule has 1 unspecified atom stereocenters. The molecule has 0 bridgehead atoms. The molecule has 0 aliphatic carbocycles.